The van der Waals surface area contributed by atoms with E-state index in [9.17, 15) is 0 Å². The SMILES string of the molecule is COc1cccc(OC)c1CNCC1CCC(Nc2nc3c(c(N(C)C)n2)CCCC3)CC1. The molecule has 2 N–H and O–H groups in total. The van der Waals surface area contributed by atoms with Crippen LogP contribution < -0.4 is 25.0 Å². The molecule has 1 fully saturated rings. The van der Waals surface area contributed by atoms with Crippen molar-refractivity contribution in [3.8, 4) is 11.5 Å². The standard InChI is InChI=1S/C26H39N5O2/c1-31(2)25-20-8-5-6-9-22(20)29-26(30-25)28-19-14-12-18(13-15-19)16-27-17-21-23(32-3)10-7-11-24(21)33-4/h7,10-11,18-19,27H,5-6,8-9,12-17H2,1-4H3,(H,28,29,30). The van der Waals surface area contributed by atoms with E-state index in [1.165, 1.54) is 36.9 Å². The van der Waals surface area contributed by atoms with E-state index in [0.29, 0.717) is 12.0 Å². The highest BCUT2D eigenvalue weighted by Crippen LogP contribution is 2.31. The zero-order valence-electron chi connectivity index (χ0n) is 20.6. The maximum Gasteiger partial charge on any atom is 0.225 e. The number of nitrogens with one attached hydrogen (secondary N) is 2. The number of anilines is 2. The summed E-state index contributed by atoms with van der Waals surface area (Å²) in [5, 5.41) is 7.29. The summed E-state index contributed by atoms with van der Waals surface area (Å²) >= 11 is 0. The minimum Gasteiger partial charge on any atom is -0.496 e. The predicted molar refractivity (Wildman–Crippen MR) is 134 cm³/mol. The molecule has 2 aliphatic rings. The maximum absolute atomic E-state index is 5.52. The molecule has 1 aromatic heterocycles. The average Bonchev–Trinajstić information content (AvgIpc) is 2.84. The summed E-state index contributed by atoms with van der Waals surface area (Å²) in [6, 6.07) is 6.39. The smallest absolute Gasteiger partial charge is 0.225 e. The summed E-state index contributed by atoms with van der Waals surface area (Å²) in [5.41, 5.74) is 3.67. The lowest BCUT2D eigenvalue weighted by Gasteiger charge is -2.30. The van der Waals surface area contributed by atoms with Gasteiger partial charge >= 0.3 is 0 Å². The maximum atomic E-state index is 5.52. The Bertz CT molecular complexity index is 903. The van der Waals surface area contributed by atoms with Crippen LogP contribution in [0.4, 0.5) is 11.8 Å². The average molecular weight is 454 g/mol. The third-order valence-electron chi connectivity index (χ3n) is 7.03. The molecule has 0 radical (unpaired) electrons. The van der Waals surface area contributed by atoms with E-state index in [1.807, 2.05) is 18.2 Å². The Morgan fingerprint density at radius 1 is 0.970 bits per heavy atom. The van der Waals surface area contributed by atoms with Gasteiger partial charge in [0, 0.05) is 37.8 Å². The normalized spacial score (nSPS) is 20.1. The van der Waals surface area contributed by atoms with Crippen LogP contribution >= 0.6 is 0 Å². The number of benzene rings is 1. The zero-order valence-corrected chi connectivity index (χ0v) is 20.6. The highest BCUT2D eigenvalue weighted by atomic mass is 16.5. The van der Waals surface area contributed by atoms with Gasteiger partial charge in [-0.05, 0) is 76.0 Å². The largest absolute Gasteiger partial charge is 0.496 e. The number of methoxy groups -OCH3 is 2. The van der Waals surface area contributed by atoms with Crippen LogP contribution in [0.25, 0.3) is 0 Å². The second-order valence-corrected chi connectivity index (χ2v) is 9.53. The number of nitrogens with zero attached hydrogens (tertiary/aromatic N) is 3. The molecule has 2 aliphatic carbocycles. The van der Waals surface area contributed by atoms with Crippen molar-refractivity contribution in [1.29, 1.82) is 0 Å². The molecule has 33 heavy (non-hydrogen) atoms. The summed E-state index contributed by atoms with van der Waals surface area (Å²) in [5.74, 6) is 4.33. The first kappa shape index (κ1) is 23.6. The number of aromatic nitrogens is 2. The molecule has 1 heterocycles. The van der Waals surface area contributed by atoms with Crippen molar-refractivity contribution < 1.29 is 9.47 Å². The van der Waals surface area contributed by atoms with E-state index in [-0.39, 0.29) is 0 Å². The molecule has 1 aromatic carbocycles. The van der Waals surface area contributed by atoms with Crippen LogP contribution in [-0.4, -0.2) is 50.9 Å². The zero-order chi connectivity index (χ0) is 23.2. The molecule has 0 atom stereocenters. The summed E-state index contributed by atoms with van der Waals surface area (Å²) in [6.07, 6.45) is 9.37. The van der Waals surface area contributed by atoms with Crippen molar-refractivity contribution in [2.24, 2.45) is 5.92 Å². The molecule has 0 unspecified atom stereocenters. The first-order valence-corrected chi connectivity index (χ1v) is 12.3. The van der Waals surface area contributed by atoms with Gasteiger partial charge in [0.15, 0.2) is 0 Å². The number of fused-ring (bicyclic) bond motifs is 1. The van der Waals surface area contributed by atoms with Crippen LogP contribution in [0.2, 0.25) is 0 Å². The van der Waals surface area contributed by atoms with E-state index in [4.69, 9.17) is 19.4 Å². The molecule has 0 aliphatic heterocycles. The summed E-state index contributed by atoms with van der Waals surface area (Å²) in [7, 11) is 7.58. The lowest BCUT2D eigenvalue weighted by molar-refractivity contribution is 0.321. The van der Waals surface area contributed by atoms with Crippen LogP contribution in [0, 0.1) is 5.92 Å². The minimum absolute atomic E-state index is 0.451. The van der Waals surface area contributed by atoms with Gasteiger partial charge in [-0.25, -0.2) is 4.98 Å². The van der Waals surface area contributed by atoms with Gasteiger partial charge < -0.3 is 25.0 Å². The van der Waals surface area contributed by atoms with Crippen LogP contribution in [0.1, 0.15) is 55.3 Å². The summed E-state index contributed by atoms with van der Waals surface area (Å²) < 4.78 is 11.0. The number of aryl methyl sites for hydroxylation is 1. The van der Waals surface area contributed by atoms with Gasteiger partial charge in [0.1, 0.15) is 17.3 Å². The third-order valence-corrected chi connectivity index (χ3v) is 7.03. The van der Waals surface area contributed by atoms with Gasteiger partial charge in [0.25, 0.3) is 0 Å². The molecule has 2 aromatic rings. The van der Waals surface area contributed by atoms with E-state index in [0.717, 1.165) is 67.6 Å². The van der Waals surface area contributed by atoms with Crippen molar-refractivity contribution >= 4 is 11.8 Å². The van der Waals surface area contributed by atoms with E-state index in [2.05, 4.69) is 29.6 Å². The molecule has 0 amide bonds. The van der Waals surface area contributed by atoms with E-state index < -0.39 is 0 Å². The third kappa shape index (κ3) is 5.69. The first-order chi connectivity index (χ1) is 16.1. The number of rotatable bonds is 9. The lowest BCUT2D eigenvalue weighted by Crippen LogP contribution is -2.32. The molecule has 7 nitrogen and oxygen atoms in total. The highest BCUT2D eigenvalue weighted by Gasteiger charge is 2.24. The molecule has 0 saturated heterocycles. The first-order valence-electron chi connectivity index (χ1n) is 12.3. The fraction of sp³-hybridized carbons (Fsp3) is 0.615. The quantitative estimate of drug-likeness (QED) is 0.590. The number of hydrogen-bond donors (Lipinski definition) is 2. The van der Waals surface area contributed by atoms with Crippen molar-refractivity contribution in [2.45, 2.75) is 64.0 Å². The van der Waals surface area contributed by atoms with Gasteiger partial charge in [-0.3, -0.25) is 0 Å². The van der Waals surface area contributed by atoms with Crippen LogP contribution in [-0.2, 0) is 19.4 Å². The predicted octanol–water partition coefficient (Wildman–Crippen LogP) is 4.20. The monoisotopic (exact) mass is 453 g/mol. The highest BCUT2D eigenvalue weighted by molar-refractivity contribution is 5.53. The van der Waals surface area contributed by atoms with Crippen molar-refractivity contribution in [3.63, 3.8) is 0 Å². The van der Waals surface area contributed by atoms with Gasteiger partial charge in [0.05, 0.1) is 19.9 Å². The van der Waals surface area contributed by atoms with Gasteiger partial charge in [-0.2, -0.15) is 4.98 Å². The van der Waals surface area contributed by atoms with Crippen LogP contribution in [0.5, 0.6) is 11.5 Å². The molecule has 0 bridgehead atoms. The van der Waals surface area contributed by atoms with Gasteiger partial charge in [0.2, 0.25) is 5.95 Å². The minimum atomic E-state index is 0.451. The Balaban J connectivity index is 1.28. The molecule has 180 valence electrons. The number of ether oxygens (including phenoxy) is 2. The van der Waals surface area contributed by atoms with Crippen molar-refractivity contribution in [3.05, 3.63) is 35.0 Å². The van der Waals surface area contributed by atoms with Gasteiger partial charge in [-0.1, -0.05) is 6.07 Å². The molecule has 0 spiro atoms. The fourth-order valence-corrected chi connectivity index (χ4v) is 5.21. The second kappa shape index (κ2) is 11.1. The van der Waals surface area contributed by atoms with Crippen LogP contribution in [0.3, 0.4) is 0 Å². The molecular weight excluding hydrogens is 414 g/mol. The Kier molecular flexibility index (Phi) is 7.91. The second-order valence-electron chi connectivity index (χ2n) is 9.53. The Morgan fingerprint density at radius 3 is 2.33 bits per heavy atom. The summed E-state index contributed by atoms with van der Waals surface area (Å²) in [6.45, 7) is 1.76. The lowest BCUT2D eigenvalue weighted by atomic mass is 9.86. The topological polar surface area (TPSA) is 71.5 Å². The van der Waals surface area contributed by atoms with Crippen molar-refractivity contribution in [1.82, 2.24) is 15.3 Å². The van der Waals surface area contributed by atoms with E-state index >= 15 is 0 Å². The molecule has 4 rings (SSSR count). The Morgan fingerprint density at radius 2 is 1.67 bits per heavy atom. The fourth-order valence-electron chi connectivity index (χ4n) is 5.21. The molecule has 1 saturated carbocycles. The van der Waals surface area contributed by atoms with Crippen LogP contribution in [0.15, 0.2) is 18.2 Å². The Labute approximate surface area is 198 Å². The van der Waals surface area contributed by atoms with Crippen molar-refractivity contribution in [2.75, 3.05) is 45.1 Å². The van der Waals surface area contributed by atoms with Gasteiger partial charge in [-0.15, -0.1) is 0 Å². The Hall–Kier alpha value is -2.54. The molecule has 7 heteroatoms. The summed E-state index contributed by atoms with van der Waals surface area (Å²) in [4.78, 5) is 11.9. The van der Waals surface area contributed by atoms with E-state index in [1.54, 1.807) is 14.2 Å². The number of hydrogen-bond acceptors (Lipinski definition) is 7. The molecular formula is C26H39N5O2.